The van der Waals surface area contributed by atoms with E-state index in [4.69, 9.17) is 0 Å². The van der Waals surface area contributed by atoms with Crippen molar-refractivity contribution >= 4 is 19.8 Å². The molecule has 7 heavy (non-hydrogen) atoms. The molecule has 0 bridgehead atoms. The average Bonchev–Trinajstić information content (AvgIpc) is 1.72. The fourth-order valence-corrected chi connectivity index (χ4v) is 0.760. The monoisotopic (exact) mass is 155 g/mol. The van der Waals surface area contributed by atoms with E-state index >= 15 is 0 Å². The SMILES string of the molecule is [CH]1CC[CH+]CC1.[Ga].[HH].[HH]. The summed E-state index contributed by atoms with van der Waals surface area (Å²) in [5, 5.41) is 0. The molecule has 0 aromatic carbocycles. The minimum absolute atomic E-state index is 0. The van der Waals surface area contributed by atoms with Gasteiger partial charge in [-0.15, -0.1) is 0 Å². The molecule has 0 saturated heterocycles. The predicted octanol–water partition coefficient (Wildman–Crippen LogP) is 2.08. The van der Waals surface area contributed by atoms with Crippen molar-refractivity contribution in [2.75, 3.05) is 0 Å². The van der Waals surface area contributed by atoms with E-state index in [9.17, 15) is 0 Å². The zero-order valence-electron chi connectivity index (χ0n) is 4.56. The average molecular weight is 156 g/mol. The van der Waals surface area contributed by atoms with Crippen LogP contribution in [0.25, 0.3) is 0 Å². The summed E-state index contributed by atoms with van der Waals surface area (Å²) in [5.41, 5.74) is 0. The van der Waals surface area contributed by atoms with Crippen molar-refractivity contribution in [3.63, 3.8) is 0 Å². The van der Waals surface area contributed by atoms with Crippen molar-refractivity contribution in [3.8, 4) is 0 Å². The molecule has 0 unspecified atom stereocenters. The molecule has 40 valence electrons. The second kappa shape index (κ2) is 4.66. The van der Waals surface area contributed by atoms with Gasteiger partial charge in [-0.1, -0.05) is 0 Å². The van der Waals surface area contributed by atoms with Crippen molar-refractivity contribution in [2.45, 2.75) is 25.7 Å². The van der Waals surface area contributed by atoms with E-state index in [1.165, 1.54) is 25.7 Å². The minimum atomic E-state index is 0. The van der Waals surface area contributed by atoms with E-state index in [0.717, 1.165) is 0 Å². The van der Waals surface area contributed by atoms with Gasteiger partial charge in [-0.3, -0.25) is 0 Å². The summed E-state index contributed by atoms with van der Waals surface area (Å²) in [5.74, 6) is 0. The number of rotatable bonds is 0. The number of hydrogen-bond donors (Lipinski definition) is 0. The van der Waals surface area contributed by atoms with Gasteiger partial charge in [0, 0.05) is 22.6 Å². The van der Waals surface area contributed by atoms with Gasteiger partial charge in [0.05, 0.1) is 19.3 Å². The van der Waals surface area contributed by atoms with Crippen LogP contribution in [0.2, 0.25) is 0 Å². The molecule has 0 amide bonds. The van der Waals surface area contributed by atoms with E-state index in [1.807, 2.05) is 0 Å². The molecule has 1 aliphatic rings. The Balaban J connectivity index is -0.000000120. The van der Waals surface area contributed by atoms with Gasteiger partial charge in [0.25, 0.3) is 0 Å². The van der Waals surface area contributed by atoms with Crippen molar-refractivity contribution in [1.29, 1.82) is 0 Å². The summed E-state index contributed by atoms with van der Waals surface area (Å²) in [7, 11) is 0. The molecule has 0 aromatic heterocycles. The molecule has 0 aliphatic heterocycles. The Morgan fingerprint density at radius 2 is 1.86 bits per heavy atom. The molecule has 0 N–H and O–H groups in total. The van der Waals surface area contributed by atoms with E-state index in [-0.39, 0.29) is 22.6 Å². The van der Waals surface area contributed by atoms with E-state index in [1.54, 1.807) is 0 Å². The summed E-state index contributed by atoms with van der Waals surface area (Å²) in [4.78, 5) is 0. The van der Waals surface area contributed by atoms with Gasteiger partial charge in [0.1, 0.15) is 0 Å². The Kier molecular flexibility index (Phi) is 5.00. The molecule has 0 atom stereocenters. The van der Waals surface area contributed by atoms with Crippen LogP contribution in [0.4, 0.5) is 0 Å². The van der Waals surface area contributed by atoms with Crippen LogP contribution in [-0.2, 0) is 0 Å². The van der Waals surface area contributed by atoms with Gasteiger partial charge in [-0.2, -0.15) is 0 Å². The molecule has 1 heteroatoms. The van der Waals surface area contributed by atoms with Gasteiger partial charge >= 0.3 is 0 Å². The van der Waals surface area contributed by atoms with Crippen LogP contribution < -0.4 is 0 Å². The summed E-state index contributed by atoms with van der Waals surface area (Å²) in [6.45, 7) is 0. The maximum absolute atomic E-state index is 2.36. The molecular weight excluding hydrogens is 142 g/mol. The molecule has 0 heterocycles. The summed E-state index contributed by atoms with van der Waals surface area (Å²) in [6.07, 6.45) is 10.0. The summed E-state index contributed by atoms with van der Waals surface area (Å²) in [6, 6.07) is 0. The van der Waals surface area contributed by atoms with Crippen LogP contribution >= 0.6 is 0 Å². The Labute approximate surface area is 61.7 Å². The van der Waals surface area contributed by atoms with Crippen LogP contribution in [0.1, 0.15) is 28.5 Å². The molecular formula is C6H14Ga+. The Bertz CT molecular complexity index is 26.5. The fourth-order valence-electron chi connectivity index (χ4n) is 0.760. The minimum Gasteiger partial charge on any atom is -0.0302 e. The zero-order valence-corrected chi connectivity index (χ0v) is 6.98. The molecule has 0 nitrogen and oxygen atoms in total. The molecule has 1 fully saturated rings. The van der Waals surface area contributed by atoms with Gasteiger partial charge in [-0.05, 0) is 19.3 Å². The van der Waals surface area contributed by atoms with E-state index < -0.39 is 0 Å². The molecule has 1 saturated carbocycles. The Hall–Kier alpha value is 0.506. The smallest absolute Gasteiger partial charge is 0.0302 e. The first-order valence-corrected chi connectivity index (χ1v) is 2.63. The van der Waals surface area contributed by atoms with Crippen molar-refractivity contribution in [2.24, 2.45) is 0 Å². The van der Waals surface area contributed by atoms with Crippen LogP contribution in [0.3, 0.4) is 0 Å². The third kappa shape index (κ3) is 3.12. The van der Waals surface area contributed by atoms with Crippen LogP contribution in [-0.4, -0.2) is 19.8 Å². The van der Waals surface area contributed by atoms with Crippen LogP contribution in [0.5, 0.6) is 0 Å². The normalized spacial score (nSPS) is 19.4. The first-order valence-electron chi connectivity index (χ1n) is 2.63. The quantitative estimate of drug-likeness (QED) is 0.372. The van der Waals surface area contributed by atoms with Gasteiger partial charge in [-0.25, -0.2) is 0 Å². The van der Waals surface area contributed by atoms with Crippen molar-refractivity contribution in [3.05, 3.63) is 12.8 Å². The van der Waals surface area contributed by atoms with Crippen molar-refractivity contribution < 1.29 is 2.85 Å². The third-order valence-electron chi connectivity index (χ3n) is 1.15. The third-order valence-corrected chi connectivity index (χ3v) is 1.15. The second-order valence-electron chi connectivity index (χ2n) is 1.73. The number of hydrogen-bond acceptors (Lipinski definition) is 0. The first kappa shape index (κ1) is 7.51. The molecule has 0 spiro atoms. The maximum atomic E-state index is 2.36. The fraction of sp³-hybridized carbons (Fsp3) is 0.667. The molecule has 4 radical (unpaired) electrons. The van der Waals surface area contributed by atoms with Gasteiger partial charge < -0.3 is 0 Å². The standard InChI is InChI=1S/C6H10.Ga.2H2/c1-2-4-6-5-3-1;;;/h1,6H,2-5H2;;2*1H/q+1;;;. The van der Waals surface area contributed by atoms with E-state index in [0.29, 0.717) is 0 Å². The second-order valence-corrected chi connectivity index (χ2v) is 1.73. The largest absolute Gasteiger partial charge is 0.0878 e. The predicted molar refractivity (Wildman–Crippen MR) is 37.0 cm³/mol. The Morgan fingerprint density at radius 1 is 1.29 bits per heavy atom. The molecule has 1 aliphatic carbocycles. The van der Waals surface area contributed by atoms with Gasteiger partial charge in [0.2, 0.25) is 0 Å². The maximum Gasteiger partial charge on any atom is 0.0878 e. The topological polar surface area (TPSA) is 0 Å². The van der Waals surface area contributed by atoms with E-state index in [2.05, 4.69) is 12.8 Å². The summed E-state index contributed by atoms with van der Waals surface area (Å²) < 4.78 is 0. The van der Waals surface area contributed by atoms with Crippen LogP contribution in [0, 0.1) is 12.8 Å². The van der Waals surface area contributed by atoms with Crippen LogP contribution in [0.15, 0.2) is 0 Å². The summed E-state index contributed by atoms with van der Waals surface area (Å²) >= 11 is 0. The molecule has 0 aromatic rings. The van der Waals surface area contributed by atoms with Gasteiger partial charge in [0.15, 0.2) is 0 Å². The Morgan fingerprint density at radius 3 is 2.00 bits per heavy atom. The van der Waals surface area contributed by atoms with Crippen molar-refractivity contribution in [1.82, 2.24) is 0 Å². The zero-order chi connectivity index (χ0) is 4.24. The molecule has 1 rings (SSSR count). The first-order chi connectivity index (χ1) is 3.00.